The summed E-state index contributed by atoms with van der Waals surface area (Å²) in [5.41, 5.74) is 1.93. The molecule has 3 aromatic rings. The Kier molecular flexibility index (Phi) is 6.25. The maximum Gasteiger partial charge on any atom is 0.276 e. The van der Waals surface area contributed by atoms with Crippen molar-refractivity contribution in [3.8, 4) is 11.6 Å². The van der Waals surface area contributed by atoms with Gasteiger partial charge < -0.3 is 15.0 Å². The number of benzene rings is 2. The maximum atomic E-state index is 12.8. The van der Waals surface area contributed by atoms with E-state index in [0.717, 1.165) is 18.7 Å². The summed E-state index contributed by atoms with van der Waals surface area (Å²) >= 11 is 3.30. The topological polar surface area (TPSA) is 76.5 Å². The predicted molar refractivity (Wildman–Crippen MR) is 117 cm³/mol. The first kappa shape index (κ1) is 20.3. The first-order chi connectivity index (χ1) is 14.6. The Morgan fingerprint density at radius 3 is 2.47 bits per heavy atom. The van der Waals surface area contributed by atoms with Crippen LogP contribution in [0, 0.1) is 0 Å². The van der Waals surface area contributed by atoms with Crippen molar-refractivity contribution in [3.05, 3.63) is 86.9 Å². The minimum atomic E-state index is -0.283. The molecule has 1 aliphatic heterocycles. The van der Waals surface area contributed by atoms with Gasteiger partial charge in [0.25, 0.3) is 11.5 Å². The lowest BCUT2D eigenvalue weighted by molar-refractivity contribution is 0.0736. The zero-order valence-corrected chi connectivity index (χ0v) is 17.8. The van der Waals surface area contributed by atoms with Crippen molar-refractivity contribution in [2.45, 2.75) is 6.61 Å². The van der Waals surface area contributed by atoms with Crippen molar-refractivity contribution in [1.82, 2.24) is 19.8 Å². The summed E-state index contributed by atoms with van der Waals surface area (Å²) in [6.07, 6.45) is 1.43. The number of hydrogen-bond acceptors (Lipinski definition) is 5. The molecule has 154 valence electrons. The molecule has 7 nitrogen and oxygen atoms in total. The van der Waals surface area contributed by atoms with Gasteiger partial charge in [0.05, 0.1) is 5.69 Å². The van der Waals surface area contributed by atoms with Crippen LogP contribution in [0.1, 0.15) is 15.9 Å². The van der Waals surface area contributed by atoms with Gasteiger partial charge in [-0.15, -0.1) is 0 Å². The van der Waals surface area contributed by atoms with Gasteiger partial charge in [-0.25, -0.2) is 4.98 Å². The van der Waals surface area contributed by atoms with E-state index in [1.165, 1.54) is 10.9 Å². The Hall–Kier alpha value is -2.97. The number of carbonyl (C=O) groups is 1. The summed E-state index contributed by atoms with van der Waals surface area (Å²) in [6, 6.07) is 16.6. The molecule has 0 bridgehead atoms. The van der Waals surface area contributed by atoms with E-state index in [9.17, 15) is 9.59 Å². The number of amides is 1. The van der Waals surface area contributed by atoms with Crippen LogP contribution in [0.15, 0.2) is 70.2 Å². The maximum absolute atomic E-state index is 12.8. The number of nitrogens with one attached hydrogen (secondary N) is 1. The first-order valence-electron chi connectivity index (χ1n) is 9.68. The van der Waals surface area contributed by atoms with E-state index in [4.69, 9.17) is 4.74 Å². The van der Waals surface area contributed by atoms with Crippen LogP contribution in [0.3, 0.4) is 0 Å². The molecule has 1 aromatic heterocycles. The highest BCUT2D eigenvalue weighted by Gasteiger charge is 2.18. The molecule has 0 unspecified atom stereocenters. The van der Waals surface area contributed by atoms with Crippen molar-refractivity contribution in [1.29, 1.82) is 0 Å². The number of nitrogens with zero attached hydrogens (tertiary/aromatic N) is 3. The van der Waals surface area contributed by atoms with E-state index in [1.54, 1.807) is 24.3 Å². The molecule has 0 atom stereocenters. The fourth-order valence-corrected chi connectivity index (χ4v) is 3.65. The van der Waals surface area contributed by atoms with E-state index in [1.807, 2.05) is 35.2 Å². The molecule has 8 heteroatoms. The summed E-state index contributed by atoms with van der Waals surface area (Å²) in [5.74, 6) is 0.241. The number of carbonyl (C=O) groups excluding carboxylic acids is 1. The second-order valence-electron chi connectivity index (χ2n) is 6.90. The fraction of sp³-hybridized carbons (Fsp3) is 0.227. The highest BCUT2D eigenvalue weighted by atomic mass is 79.9. The number of piperazine rings is 1. The van der Waals surface area contributed by atoms with Crippen LogP contribution < -0.4 is 15.6 Å². The molecule has 4 rings (SSSR count). The standard InChI is InChI=1S/C22H21BrN4O3/c23-19-20(30-14-16-4-2-1-3-5-16)25-15-27(22(19)29)18-8-6-17(7-9-18)21(28)26-12-10-24-11-13-26/h1-9,15,24H,10-14H2. The van der Waals surface area contributed by atoms with Crippen molar-refractivity contribution < 1.29 is 9.53 Å². The van der Waals surface area contributed by atoms with Gasteiger partial charge in [-0.2, -0.15) is 0 Å². The molecule has 0 saturated carbocycles. The number of rotatable bonds is 5. The van der Waals surface area contributed by atoms with Gasteiger partial charge in [0.15, 0.2) is 0 Å². The van der Waals surface area contributed by atoms with Crippen LogP contribution in [0.5, 0.6) is 5.88 Å². The van der Waals surface area contributed by atoms with Crippen LogP contribution >= 0.6 is 15.9 Å². The Morgan fingerprint density at radius 2 is 1.77 bits per heavy atom. The largest absolute Gasteiger partial charge is 0.472 e. The molecule has 1 fully saturated rings. The molecule has 2 heterocycles. The lowest BCUT2D eigenvalue weighted by Crippen LogP contribution is -2.46. The van der Waals surface area contributed by atoms with Gasteiger partial charge in [-0.05, 0) is 45.8 Å². The fourth-order valence-electron chi connectivity index (χ4n) is 3.24. The molecule has 0 radical (unpaired) electrons. The van der Waals surface area contributed by atoms with E-state index in [0.29, 0.717) is 30.9 Å². The summed E-state index contributed by atoms with van der Waals surface area (Å²) < 4.78 is 7.35. The third kappa shape index (κ3) is 4.44. The minimum Gasteiger partial charge on any atom is -0.472 e. The number of ether oxygens (including phenoxy) is 1. The van der Waals surface area contributed by atoms with E-state index in [2.05, 4.69) is 26.2 Å². The van der Waals surface area contributed by atoms with Gasteiger partial charge in [0.2, 0.25) is 5.88 Å². The highest BCUT2D eigenvalue weighted by molar-refractivity contribution is 9.10. The number of aromatic nitrogens is 2. The Bertz CT molecular complexity index is 1080. The summed E-state index contributed by atoms with van der Waals surface area (Å²) in [6.45, 7) is 3.32. The van der Waals surface area contributed by atoms with Crippen LogP contribution in [0.4, 0.5) is 0 Å². The lowest BCUT2D eigenvalue weighted by atomic mass is 10.1. The van der Waals surface area contributed by atoms with E-state index >= 15 is 0 Å². The molecule has 1 N–H and O–H groups in total. The molecular weight excluding hydrogens is 448 g/mol. The second kappa shape index (κ2) is 9.23. The number of halogens is 1. The van der Waals surface area contributed by atoms with Gasteiger partial charge in [0.1, 0.15) is 17.4 Å². The minimum absolute atomic E-state index is 0.000590. The quantitative estimate of drug-likeness (QED) is 0.622. The molecule has 30 heavy (non-hydrogen) atoms. The average Bonchev–Trinajstić information content (AvgIpc) is 2.81. The smallest absolute Gasteiger partial charge is 0.276 e. The molecule has 0 aliphatic carbocycles. The van der Waals surface area contributed by atoms with Crippen molar-refractivity contribution in [2.24, 2.45) is 0 Å². The average molecular weight is 469 g/mol. The van der Waals surface area contributed by atoms with Crippen LogP contribution in [-0.2, 0) is 6.61 Å². The van der Waals surface area contributed by atoms with Crippen LogP contribution in [0.2, 0.25) is 0 Å². The van der Waals surface area contributed by atoms with Crippen LogP contribution in [-0.4, -0.2) is 46.5 Å². The molecular formula is C22H21BrN4O3. The predicted octanol–water partition coefficient (Wildman–Crippen LogP) is 2.62. The highest BCUT2D eigenvalue weighted by Crippen LogP contribution is 2.20. The summed E-state index contributed by atoms with van der Waals surface area (Å²) in [7, 11) is 0. The zero-order valence-electron chi connectivity index (χ0n) is 16.3. The summed E-state index contributed by atoms with van der Waals surface area (Å²) in [4.78, 5) is 31.5. The van der Waals surface area contributed by atoms with Crippen molar-refractivity contribution in [2.75, 3.05) is 26.2 Å². The van der Waals surface area contributed by atoms with Gasteiger partial charge in [0, 0.05) is 31.7 Å². The molecule has 0 spiro atoms. The van der Waals surface area contributed by atoms with Crippen molar-refractivity contribution >= 4 is 21.8 Å². The molecule has 1 amide bonds. The molecule has 1 aliphatic rings. The normalized spacial score (nSPS) is 13.8. The SMILES string of the molecule is O=C(c1ccc(-n2cnc(OCc3ccccc3)c(Br)c2=O)cc1)N1CCNCC1. The molecule has 2 aromatic carbocycles. The first-order valence-corrected chi connectivity index (χ1v) is 10.5. The lowest BCUT2D eigenvalue weighted by Gasteiger charge is -2.27. The second-order valence-corrected chi connectivity index (χ2v) is 7.70. The number of hydrogen-bond donors (Lipinski definition) is 1. The Morgan fingerprint density at radius 1 is 1.07 bits per heavy atom. The van der Waals surface area contributed by atoms with Gasteiger partial charge in [-0.3, -0.25) is 14.2 Å². The molecule has 1 saturated heterocycles. The third-order valence-corrected chi connectivity index (χ3v) is 5.58. The Balaban J connectivity index is 1.50. The van der Waals surface area contributed by atoms with E-state index < -0.39 is 0 Å². The van der Waals surface area contributed by atoms with Crippen molar-refractivity contribution in [3.63, 3.8) is 0 Å². The third-order valence-electron chi connectivity index (χ3n) is 4.90. The van der Waals surface area contributed by atoms with Gasteiger partial charge in [-0.1, -0.05) is 30.3 Å². The van der Waals surface area contributed by atoms with E-state index in [-0.39, 0.29) is 21.8 Å². The monoisotopic (exact) mass is 468 g/mol. The van der Waals surface area contributed by atoms with Crippen LogP contribution in [0.25, 0.3) is 5.69 Å². The summed E-state index contributed by atoms with van der Waals surface area (Å²) in [5, 5.41) is 3.23. The Labute approximate surface area is 182 Å². The van der Waals surface area contributed by atoms with Gasteiger partial charge >= 0.3 is 0 Å². The zero-order chi connectivity index (χ0) is 20.9.